The monoisotopic (exact) mass is 275 g/mol. The van der Waals surface area contributed by atoms with E-state index >= 15 is 0 Å². The predicted molar refractivity (Wildman–Crippen MR) is 72.5 cm³/mol. The highest BCUT2D eigenvalue weighted by Gasteiger charge is 2.34. The smallest absolute Gasteiger partial charge is 0.162 e. The maximum absolute atomic E-state index is 13.8. The van der Waals surface area contributed by atoms with Gasteiger partial charge in [-0.05, 0) is 24.1 Å². The van der Waals surface area contributed by atoms with Gasteiger partial charge in [-0.3, -0.25) is 0 Å². The molecular weight excluding hydrogens is 260 g/mol. The van der Waals surface area contributed by atoms with E-state index < -0.39 is 17.2 Å². The molecule has 3 rings (SSSR count). The fraction of sp³-hybridized carbons (Fsp3) is 0.250. The van der Waals surface area contributed by atoms with Crippen LogP contribution in [-0.2, 0) is 12.0 Å². The summed E-state index contributed by atoms with van der Waals surface area (Å²) in [6.45, 7) is 0.477. The Morgan fingerprint density at radius 3 is 2.75 bits per heavy atom. The number of hydrogen-bond donors (Lipinski definition) is 1. The molecule has 0 radical (unpaired) electrons. The van der Waals surface area contributed by atoms with Gasteiger partial charge in [-0.2, -0.15) is 0 Å². The fourth-order valence-corrected chi connectivity index (χ4v) is 2.69. The van der Waals surface area contributed by atoms with Crippen LogP contribution in [0.25, 0.3) is 0 Å². The Bertz CT molecular complexity index is 644. The van der Waals surface area contributed by atoms with Crippen molar-refractivity contribution in [3.05, 3.63) is 65.2 Å². The van der Waals surface area contributed by atoms with Crippen LogP contribution in [0.5, 0.6) is 5.75 Å². The Morgan fingerprint density at radius 2 is 1.90 bits per heavy atom. The van der Waals surface area contributed by atoms with Crippen LogP contribution in [0, 0.1) is 11.6 Å². The SMILES string of the molecule is NC1(Cc2cccc(F)c2F)CCOc2ccccc21. The van der Waals surface area contributed by atoms with Crippen LogP contribution < -0.4 is 10.5 Å². The molecule has 2 aromatic carbocycles. The zero-order valence-corrected chi connectivity index (χ0v) is 10.9. The third-order valence-corrected chi connectivity index (χ3v) is 3.77. The summed E-state index contributed by atoms with van der Waals surface area (Å²) in [7, 11) is 0. The van der Waals surface area contributed by atoms with Crippen molar-refractivity contribution in [1.29, 1.82) is 0 Å². The number of hydrogen-bond acceptors (Lipinski definition) is 2. The predicted octanol–water partition coefficient (Wildman–Crippen LogP) is 3.14. The van der Waals surface area contributed by atoms with Crippen molar-refractivity contribution < 1.29 is 13.5 Å². The summed E-state index contributed by atoms with van der Waals surface area (Å²) in [6.07, 6.45) is 0.816. The highest BCUT2D eigenvalue weighted by molar-refractivity contribution is 5.42. The summed E-state index contributed by atoms with van der Waals surface area (Å²) in [4.78, 5) is 0. The first kappa shape index (κ1) is 13.1. The van der Waals surface area contributed by atoms with E-state index in [1.807, 2.05) is 24.3 Å². The van der Waals surface area contributed by atoms with Crippen LogP contribution in [0.4, 0.5) is 8.78 Å². The van der Waals surface area contributed by atoms with Gasteiger partial charge in [-0.25, -0.2) is 8.78 Å². The minimum atomic E-state index is -0.841. The quantitative estimate of drug-likeness (QED) is 0.913. The van der Waals surface area contributed by atoms with Crippen molar-refractivity contribution in [2.75, 3.05) is 6.61 Å². The van der Waals surface area contributed by atoms with Crippen molar-refractivity contribution in [2.24, 2.45) is 5.73 Å². The van der Waals surface area contributed by atoms with Crippen molar-refractivity contribution in [3.63, 3.8) is 0 Å². The van der Waals surface area contributed by atoms with E-state index in [1.54, 1.807) is 6.07 Å². The molecule has 2 nitrogen and oxygen atoms in total. The van der Waals surface area contributed by atoms with E-state index in [-0.39, 0.29) is 6.42 Å². The molecule has 0 saturated carbocycles. The molecule has 0 spiro atoms. The van der Waals surface area contributed by atoms with E-state index in [2.05, 4.69) is 0 Å². The molecule has 2 aromatic rings. The first-order valence-corrected chi connectivity index (χ1v) is 6.54. The molecule has 4 heteroatoms. The fourth-order valence-electron chi connectivity index (χ4n) is 2.69. The Morgan fingerprint density at radius 1 is 1.10 bits per heavy atom. The molecule has 1 atom stereocenters. The van der Waals surface area contributed by atoms with Gasteiger partial charge in [-0.1, -0.05) is 30.3 Å². The van der Waals surface area contributed by atoms with Gasteiger partial charge in [0.05, 0.1) is 12.1 Å². The van der Waals surface area contributed by atoms with E-state index in [9.17, 15) is 8.78 Å². The molecule has 0 bridgehead atoms. The van der Waals surface area contributed by atoms with Crippen LogP contribution in [0.15, 0.2) is 42.5 Å². The van der Waals surface area contributed by atoms with Gasteiger partial charge in [0.25, 0.3) is 0 Å². The minimum absolute atomic E-state index is 0.247. The zero-order valence-electron chi connectivity index (χ0n) is 10.9. The number of fused-ring (bicyclic) bond motifs is 1. The lowest BCUT2D eigenvalue weighted by atomic mass is 9.80. The zero-order chi connectivity index (χ0) is 14.2. The number of para-hydroxylation sites is 1. The average molecular weight is 275 g/mol. The molecular formula is C16H15F2NO. The lowest BCUT2D eigenvalue weighted by Gasteiger charge is -2.35. The van der Waals surface area contributed by atoms with Gasteiger partial charge in [0.1, 0.15) is 5.75 Å². The summed E-state index contributed by atoms with van der Waals surface area (Å²) in [6, 6.07) is 11.7. The van der Waals surface area contributed by atoms with Gasteiger partial charge >= 0.3 is 0 Å². The van der Waals surface area contributed by atoms with Crippen LogP contribution in [0.3, 0.4) is 0 Å². The van der Waals surface area contributed by atoms with Gasteiger partial charge in [0.2, 0.25) is 0 Å². The van der Waals surface area contributed by atoms with E-state index in [1.165, 1.54) is 6.07 Å². The molecule has 1 heterocycles. The van der Waals surface area contributed by atoms with Crippen LogP contribution >= 0.6 is 0 Å². The van der Waals surface area contributed by atoms with Crippen LogP contribution in [0.1, 0.15) is 17.5 Å². The van der Waals surface area contributed by atoms with Crippen molar-refractivity contribution in [1.82, 2.24) is 0 Å². The van der Waals surface area contributed by atoms with Crippen LogP contribution in [-0.4, -0.2) is 6.61 Å². The number of nitrogens with two attached hydrogens (primary N) is 1. The molecule has 0 aromatic heterocycles. The highest BCUT2D eigenvalue weighted by Crippen LogP contribution is 2.37. The molecule has 1 aliphatic heterocycles. The second-order valence-electron chi connectivity index (χ2n) is 5.14. The molecule has 1 aliphatic rings. The third-order valence-electron chi connectivity index (χ3n) is 3.77. The molecule has 104 valence electrons. The highest BCUT2D eigenvalue weighted by atomic mass is 19.2. The molecule has 0 fully saturated rings. The first-order chi connectivity index (χ1) is 9.60. The number of halogens is 2. The Balaban J connectivity index is 2.00. The van der Waals surface area contributed by atoms with Crippen molar-refractivity contribution >= 4 is 0 Å². The Kier molecular flexibility index (Phi) is 3.18. The summed E-state index contributed by atoms with van der Waals surface area (Å²) >= 11 is 0. The van der Waals surface area contributed by atoms with E-state index in [0.29, 0.717) is 18.6 Å². The van der Waals surface area contributed by atoms with E-state index in [0.717, 1.165) is 17.4 Å². The Labute approximate surface area is 116 Å². The Hall–Kier alpha value is -1.94. The maximum Gasteiger partial charge on any atom is 0.162 e. The van der Waals surface area contributed by atoms with Crippen molar-refractivity contribution in [3.8, 4) is 5.75 Å². The van der Waals surface area contributed by atoms with Gasteiger partial charge in [-0.15, -0.1) is 0 Å². The second kappa shape index (κ2) is 4.87. The summed E-state index contributed by atoms with van der Waals surface area (Å²) < 4.78 is 32.7. The normalized spacial score (nSPS) is 21.1. The topological polar surface area (TPSA) is 35.2 Å². The lowest BCUT2D eigenvalue weighted by molar-refractivity contribution is 0.214. The van der Waals surface area contributed by atoms with Gasteiger partial charge in [0.15, 0.2) is 11.6 Å². The third kappa shape index (κ3) is 2.16. The standard InChI is InChI=1S/C16H15F2NO/c17-13-6-3-4-11(15(13)18)10-16(19)8-9-20-14-7-2-1-5-12(14)16/h1-7H,8-10,19H2. The molecule has 0 saturated heterocycles. The van der Waals surface area contributed by atoms with E-state index in [4.69, 9.17) is 10.5 Å². The number of ether oxygens (including phenoxy) is 1. The number of rotatable bonds is 2. The van der Waals surface area contributed by atoms with Crippen LogP contribution in [0.2, 0.25) is 0 Å². The lowest BCUT2D eigenvalue weighted by Crippen LogP contribution is -2.43. The molecule has 1 unspecified atom stereocenters. The number of benzene rings is 2. The second-order valence-corrected chi connectivity index (χ2v) is 5.14. The molecule has 0 amide bonds. The van der Waals surface area contributed by atoms with Gasteiger partial charge < -0.3 is 10.5 Å². The average Bonchev–Trinajstić information content (AvgIpc) is 2.44. The molecule has 20 heavy (non-hydrogen) atoms. The first-order valence-electron chi connectivity index (χ1n) is 6.54. The molecule has 2 N–H and O–H groups in total. The largest absolute Gasteiger partial charge is 0.493 e. The van der Waals surface area contributed by atoms with Gasteiger partial charge in [0, 0.05) is 12.0 Å². The molecule has 0 aliphatic carbocycles. The maximum atomic E-state index is 13.8. The summed E-state index contributed by atoms with van der Waals surface area (Å²) in [5.41, 5.74) is 6.86. The van der Waals surface area contributed by atoms with Crippen molar-refractivity contribution in [2.45, 2.75) is 18.4 Å². The minimum Gasteiger partial charge on any atom is -0.493 e. The summed E-state index contributed by atoms with van der Waals surface area (Å²) in [5, 5.41) is 0. The summed E-state index contributed by atoms with van der Waals surface area (Å²) in [5.74, 6) is -0.939.